The second-order valence-electron chi connectivity index (χ2n) is 4.96. The summed E-state index contributed by atoms with van der Waals surface area (Å²) in [4.78, 5) is 4.35. The van der Waals surface area contributed by atoms with E-state index < -0.39 is 0 Å². The van der Waals surface area contributed by atoms with Crippen molar-refractivity contribution in [3.05, 3.63) is 70.9 Å². The van der Waals surface area contributed by atoms with E-state index in [4.69, 9.17) is 16.9 Å². The summed E-state index contributed by atoms with van der Waals surface area (Å²) < 4.78 is 0. The van der Waals surface area contributed by atoms with Crippen LogP contribution < -0.4 is 10.6 Å². The van der Waals surface area contributed by atoms with Gasteiger partial charge in [0.15, 0.2) is 5.82 Å². The molecule has 3 aromatic rings. The van der Waals surface area contributed by atoms with Crippen molar-refractivity contribution in [1.29, 1.82) is 5.26 Å². The summed E-state index contributed by atoms with van der Waals surface area (Å²) in [5.41, 5.74) is 2.39. The molecular weight excluding hydrogens is 324 g/mol. The SMILES string of the molecule is N#Cc1cccc(Nc2cnnc(NCc3ccc(Cl)cc3)n2)c1. The number of nitriles is 1. The topological polar surface area (TPSA) is 86.5 Å². The molecule has 0 radical (unpaired) electrons. The average Bonchev–Trinajstić information content (AvgIpc) is 2.62. The molecule has 118 valence electrons. The van der Waals surface area contributed by atoms with Crippen LogP contribution in [0.25, 0.3) is 0 Å². The number of hydrogen-bond donors (Lipinski definition) is 2. The highest BCUT2D eigenvalue weighted by Gasteiger charge is 2.02. The first-order chi connectivity index (χ1) is 11.7. The number of nitrogens with zero attached hydrogens (tertiary/aromatic N) is 4. The van der Waals surface area contributed by atoms with Crippen LogP contribution in [0.5, 0.6) is 0 Å². The first kappa shape index (κ1) is 15.7. The second-order valence-corrected chi connectivity index (χ2v) is 5.40. The molecule has 0 amide bonds. The number of anilines is 3. The molecule has 6 nitrogen and oxygen atoms in total. The standard InChI is InChI=1S/C17H13ClN6/c18-14-6-4-12(5-7-14)10-20-17-23-16(11-21-24-17)22-15-3-1-2-13(8-15)9-19/h1-8,11H,10H2,(H2,20,22,23,24). The number of rotatable bonds is 5. The summed E-state index contributed by atoms with van der Waals surface area (Å²) in [7, 11) is 0. The Morgan fingerprint density at radius 3 is 2.75 bits per heavy atom. The van der Waals surface area contributed by atoms with Crippen molar-refractivity contribution in [2.75, 3.05) is 10.6 Å². The van der Waals surface area contributed by atoms with Crippen molar-refractivity contribution in [2.24, 2.45) is 0 Å². The zero-order valence-electron chi connectivity index (χ0n) is 12.6. The van der Waals surface area contributed by atoms with E-state index >= 15 is 0 Å². The third-order valence-electron chi connectivity index (χ3n) is 3.19. The summed E-state index contributed by atoms with van der Waals surface area (Å²) in [5.74, 6) is 0.949. The Labute approximate surface area is 144 Å². The van der Waals surface area contributed by atoms with Gasteiger partial charge in [-0.3, -0.25) is 0 Å². The van der Waals surface area contributed by atoms with Crippen LogP contribution in [0, 0.1) is 11.3 Å². The van der Waals surface area contributed by atoms with Crippen LogP contribution >= 0.6 is 11.6 Å². The zero-order chi connectivity index (χ0) is 16.8. The van der Waals surface area contributed by atoms with E-state index in [1.54, 1.807) is 18.2 Å². The molecule has 2 N–H and O–H groups in total. The van der Waals surface area contributed by atoms with Gasteiger partial charge in [0, 0.05) is 17.3 Å². The van der Waals surface area contributed by atoms with Crippen LogP contribution in [-0.4, -0.2) is 15.2 Å². The van der Waals surface area contributed by atoms with E-state index in [0.717, 1.165) is 11.3 Å². The molecule has 0 atom stereocenters. The van der Waals surface area contributed by atoms with Crippen LogP contribution in [0.2, 0.25) is 5.02 Å². The summed E-state index contributed by atoms with van der Waals surface area (Å²) in [6.07, 6.45) is 1.52. The van der Waals surface area contributed by atoms with Gasteiger partial charge in [-0.2, -0.15) is 15.3 Å². The molecule has 0 saturated heterocycles. The highest BCUT2D eigenvalue weighted by Crippen LogP contribution is 2.16. The lowest BCUT2D eigenvalue weighted by Crippen LogP contribution is -2.06. The number of aromatic nitrogens is 3. The Morgan fingerprint density at radius 2 is 1.96 bits per heavy atom. The van der Waals surface area contributed by atoms with Gasteiger partial charge in [-0.25, -0.2) is 0 Å². The van der Waals surface area contributed by atoms with E-state index in [1.807, 2.05) is 30.3 Å². The minimum absolute atomic E-state index is 0.409. The number of hydrogen-bond acceptors (Lipinski definition) is 6. The lowest BCUT2D eigenvalue weighted by molar-refractivity contribution is 0.949. The maximum absolute atomic E-state index is 8.93. The largest absolute Gasteiger partial charge is 0.349 e. The molecule has 0 unspecified atom stereocenters. The van der Waals surface area contributed by atoms with Crippen molar-refractivity contribution < 1.29 is 0 Å². The molecule has 0 fully saturated rings. The van der Waals surface area contributed by atoms with Gasteiger partial charge in [0.1, 0.15) is 0 Å². The minimum atomic E-state index is 0.409. The Hall–Kier alpha value is -3.17. The fraction of sp³-hybridized carbons (Fsp3) is 0.0588. The van der Waals surface area contributed by atoms with Gasteiger partial charge in [0.05, 0.1) is 17.8 Å². The smallest absolute Gasteiger partial charge is 0.244 e. The lowest BCUT2D eigenvalue weighted by atomic mass is 10.2. The minimum Gasteiger partial charge on any atom is -0.349 e. The van der Waals surface area contributed by atoms with E-state index in [9.17, 15) is 0 Å². The third-order valence-corrected chi connectivity index (χ3v) is 3.44. The maximum Gasteiger partial charge on any atom is 0.244 e. The van der Waals surface area contributed by atoms with Crippen LogP contribution in [0.1, 0.15) is 11.1 Å². The Bertz CT molecular complexity index is 873. The van der Waals surface area contributed by atoms with Gasteiger partial charge in [-0.1, -0.05) is 29.8 Å². The molecule has 3 rings (SSSR count). The molecule has 2 aromatic carbocycles. The molecule has 0 saturated carbocycles. The molecular formula is C17H13ClN6. The van der Waals surface area contributed by atoms with Crippen LogP contribution in [0.4, 0.5) is 17.5 Å². The highest BCUT2D eigenvalue weighted by atomic mass is 35.5. The summed E-state index contributed by atoms with van der Waals surface area (Å²) in [6.45, 7) is 0.562. The first-order valence-corrected chi connectivity index (χ1v) is 7.56. The van der Waals surface area contributed by atoms with E-state index in [2.05, 4.69) is 31.9 Å². The van der Waals surface area contributed by atoms with Crippen molar-refractivity contribution in [3.8, 4) is 6.07 Å². The van der Waals surface area contributed by atoms with Crippen LogP contribution in [-0.2, 0) is 6.54 Å². The molecule has 1 heterocycles. The van der Waals surface area contributed by atoms with E-state index in [-0.39, 0.29) is 0 Å². The molecule has 0 aliphatic carbocycles. The van der Waals surface area contributed by atoms with Crippen molar-refractivity contribution in [3.63, 3.8) is 0 Å². The van der Waals surface area contributed by atoms with Gasteiger partial charge in [0.25, 0.3) is 0 Å². The molecule has 0 aliphatic heterocycles. The molecule has 0 aliphatic rings. The van der Waals surface area contributed by atoms with E-state index in [1.165, 1.54) is 6.20 Å². The van der Waals surface area contributed by atoms with Crippen molar-refractivity contribution in [1.82, 2.24) is 15.2 Å². The number of halogens is 1. The zero-order valence-corrected chi connectivity index (χ0v) is 13.3. The average molecular weight is 337 g/mol. The van der Waals surface area contributed by atoms with Crippen molar-refractivity contribution >= 4 is 29.1 Å². The molecule has 0 bridgehead atoms. The van der Waals surface area contributed by atoms with Crippen LogP contribution in [0.15, 0.2) is 54.7 Å². The van der Waals surface area contributed by atoms with E-state index in [0.29, 0.717) is 28.9 Å². The first-order valence-electron chi connectivity index (χ1n) is 7.18. The van der Waals surface area contributed by atoms with Gasteiger partial charge < -0.3 is 10.6 Å². The number of nitrogens with one attached hydrogen (secondary N) is 2. The molecule has 24 heavy (non-hydrogen) atoms. The predicted molar refractivity (Wildman–Crippen MR) is 93.0 cm³/mol. The van der Waals surface area contributed by atoms with Crippen LogP contribution in [0.3, 0.4) is 0 Å². The van der Waals surface area contributed by atoms with Crippen molar-refractivity contribution in [2.45, 2.75) is 6.54 Å². The normalized spacial score (nSPS) is 10.0. The molecule has 1 aromatic heterocycles. The third kappa shape index (κ3) is 4.18. The second kappa shape index (κ2) is 7.40. The predicted octanol–water partition coefficient (Wildman–Crippen LogP) is 3.75. The fourth-order valence-corrected chi connectivity index (χ4v) is 2.16. The summed E-state index contributed by atoms with van der Waals surface area (Å²) in [5, 5.41) is 23.7. The van der Waals surface area contributed by atoms with Gasteiger partial charge in [-0.15, -0.1) is 5.10 Å². The van der Waals surface area contributed by atoms with Gasteiger partial charge >= 0.3 is 0 Å². The summed E-state index contributed by atoms with van der Waals surface area (Å²) in [6, 6.07) is 16.7. The van der Waals surface area contributed by atoms with Gasteiger partial charge in [0.2, 0.25) is 5.95 Å². The summed E-state index contributed by atoms with van der Waals surface area (Å²) >= 11 is 5.86. The highest BCUT2D eigenvalue weighted by molar-refractivity contribution is 6.30. The fourth-order valence-electron chi connectivity index (χ4n) is 2.04. The van der Waals surface area contributed by atoms with Gasteiger partial charge in [-0.05, 0) is 35.9 Å². The monoisotopic (exact) mass is 336 g/mol. The molecule has 0 spiro atoms. The Morgan fingerprint density at radius 1 is 1.12 bits per heavy atom. The number of benzene rings is 2. The lowest BCUT2D eigenvalue weighted by Gasteiger charge is -2.08. The Kier molecular flexibility index (Phi) is 4.84. The molecule has 7 heteroatoms. The quantitative estimate of drug-likeness (QED) is 0.737. The Balaban J connectivity index is 1.67. The maximum atomic E-state index is 8.93.